The van der Waals surface area contributed by atoms with Crippen LogP contribution in [0.15, 0.2) is 53.4 Å². The topological polar surface area (TPSA) is 66.5 Å². The van der Waals surface area contributed by atoms with Crippen LogP contribution in [0, 0.1) is 11.7 Å². The van der Waals surface area contributed by atoms with Gasteiger partial charge in [0.1, 0.15) is 5.82 Å². The monoisotopic (exact) mass is 430 g/mol. The van der Waals surface area contributed by atoms with E-state index in [0.717, 1.165) is 17.7 Å². The van der Waals surface area contributed by atoms with E-state index in [0.29, 0.717) is 6.07 Å². The Labute approximate surface area is 165 Å². The zero-order valence-electron chi connectivity index (χ0n) is 15.1. The van der Waals surface area contributed by atoms with Crippen LogP contribution >= 0.6 is 0 Å². The summed E-state index contributed by atoms with van der Waals surface area (Å²) in [7, 11) is -4.40. The normalized spacial score (nSPS) is 17.7. The number of rotatable bonds is 6. The summed E-state index contributed by atoms with van der Waals surface area (Å²) in [6.07, 6.45) is -4.73. The summed E-state index contributed by atoms with van der Waals surface area (Å²) in [5, 5.41) is 0. The van der Waals surface area contributed by atoms with Crippen LogP contribution in [0.4, 0.5) is 17.6 Å². The number of carbonyl (C=O) groups excluding carboxylic acids is 1. The molecule has 29 heavy (non-hydrogen) atoms. The van der Waals surface area contributed by atoms with E-state index in [1.165, 1.54) is 23.1 Å². The molecule has 1 unspecified atom stereocenters. The van der Waals surface area contributed by atoms with Gasteiger partial charge in [0, 0.05) is 26.1 Å². The Balaban J connectivity index is 1.64. The van der Waals surface area contributed by atoms with Crippen molar-refractivity contribution in [3.05, 3.63) is 65.5 Å². The van der Waals surface area contributed by atoms with Crippen LogP contribution < -0.4 is 4.72 Å². The van der Waals surface area contributed by atoms with E-state index in [9.17, 15) is 30.8 Å². The number of amides is 1. The molecule has 1 N–H and O–H groups in total. The van der Waals surface area contributed by atoms with Gasteiger partial charge in [-0.05, 0) is 35.7 Å². The molecule has 5 nitrogen and oxygen atoms in total. The standard InChI is InChI=1S/C19H18F4N2O3S/c20-15-7-5-13(6-8-15)11-25-12-14(9-18(25)26)10-24-29(27,28)17-4-2-1-3-16(17)19(21,22)23/h1-8,14,24H,9-12H2. The highest BCUT2D eigenvalue weighted by Gasteiger charge is 2.37. The molecule has 1 aliphatic heterocycles. The SMILES string of the molecule is O=C1CC(CNS(=O)(=O)c2ccccc2C(F)(F)F)CN1Cc1ccc(F)cc1. The molecule has 1 aliphatic rings. The third kappa shape index (κ3) is 5.13. The van der Waals surface area contributed by atoms with Gasteiger partial charge in [0.25, 0.3) is 0 Å². The third-order valence-electron chi connectivity index (χ3n) is 4.63. The largest absolute Gasteiger partial charge is 0.417 e. The van der Waals surface area contributed by atoms with E-state index in [1.54, 1.807) is 12.1 Å². The van der Waals surface area contributed by atoms with Crippen LogP contribution in [0.2, 0.25) is 0 Å². The molecule has 1 amide bonds. The summed E-state index contributed by atoms with van der Waals surface area (Å²) in [6.45, 7) is 0.332. The second-order valence-electron chi connectivity index (χ2n) is 6.82. The van der Waals surface area contributed by atoms with Gasteiger partial charge in [-0.1, -0.05) is 24.3 Å². The maximum atomic E-state index is 13.1. The predicted octanol–water partition coefficient (Wildman–Crippen LogP) is 3.17. The number of benzene rings is 2. The summed E-state index contributed by atoms with van der Waals surface area (Å²) in [6, 6.07) is 9.58. The van der Waals surface area contributed by atoms with Crippen LogP contribution in [0.1, 0.15) is 17.5 Å². The van der Waals surface area contributed by atoms with Crippen molar-refractivity contribution in [3.8, 4) is 0 Å². The highest BCUT2D eigenvalue weighted by atomic mass is 32.2. The lowest BCUT2D eigenvalue weighted by Crippen LogP contribution is -2.32. The maximum Gasteiger partial charge on any atom is 0.417 e. The Morgan fingerprint density at radius 1 is 1.07 bits per heavy atom. The van der Waals surface area contributed by atoms with Gasteiger partial charge >= 0.3 is 6.18 Å². The van der Waals surface area contributed by atoms with E-state index in [-0.39, 0.29) is 37.9 Å². The number of carbonyl (C=O) groups is 1. The van der Waals surface area contributed by atoms with E-state index < -0.39 is 32.5 Å². The van der Waals surface area contributed by atoms with Crippen LogP contribution in [-0.4, -0.2) is 32.3 Å². The van der Waals surface area contributed by atoms with Gasteiger partial charge in [-0.25, -0.2) is 17.5 Å². The van der Waals surface area contributed by atoms with Gasteiger partial charge in [0.05, 0.1) is 10.5 Å². The molecule has 0 aliphatic carbocycles. The average molecular weight is 430 g/mol. The summed E-state index contributed by atoms with van der Waals surface area (Å²) in [4.78, 5) is 12.8. The molecule has 10 heteroatoms. The summed E-state index contributed by atoms with van der Waals surface area (Å²) in [5.41, 5.74) is -0.520. The number of nitrogens with zero attached hydrogens (tertiary/aromatic N) is 1. The molecule has 0 bridgehead atoms. The Morgan fingerprint density at radius 2 is 1.72 bits per heavy atom. The first kappa shape index (κ1) is 21.3. The number of likely N-dealkylation sites (tertiary alicyclic amines) is 1. The minimum absolute atomic E-state index is 0.0740. The van der Waals surface area contributed by atoms with Crippen LogP contribution in [0.25, 0.3) is 0 Å². The summed E-state index contributed by atoms with van der Waals surface area (Å²) >= 11 is 0. The smallest absolute Gasteiger partial charge is 0.338 e. The lowest BCUT2D eigenvalue weighted by molar-refractivity contribution is -0.139. The van der Waals surface area contributed by atoms with Crippen LogP contribution in [0.3, 0.4) is 0 Å². The Bertz CT molecular complexity index is 991. The van der Waals surface area contributed by atoms with Crippen molar-refractivity contribution in [2.24, 2.45) is 5.92 Å². The Kier molecular flexibility index (Phi) is 5.95. The van der Waals surface area contributed by atoms with Crippen LogP contribution in [-0.2, 0) is 27.5 Å². The highest BCUT2D eigenvalue weighted by Crippen LogP contribution is 2.34. The number of nitrogens with one attached hydrogen (secondary N) is 1. The van der Waals surface area contributed by atoms with Crippen molar-refractivity contribution in [1.29, 1.82) is 0 Å². The third-order valence-corrected chi connectivity index (χ3v) is 6.11. The van der Waals surface area contributed by atoms with E-state index in [2.05, 4.69) is 4.72 Å². The average Bonchev–Trinajstić information content (AvgIpc) is 3.01. The van der Waals surface area contributed by atoms with E-state index in [1.807, 2.05) is 0 Å². The lowest BCUT2D eigenvalue weighted by Gasteiger charge is -2.18. The fourth-order valence-electron chi connectivity index (χ4n) is 3.19. The first-order valence-electron chi connectivity index (χ1n) is 8.74. The predicted molar refractivity (Wildman–Crippen MR) is 96.6 cm³/mol. The minimum Gasteiger partial charge on any atom is -0.338 e. The van der Waals surface area contributed by atoms with Crippen molar-refractivity contribution in [2.45, 2.75) is 24.0 Å². The first-order valence-corrected chi connectivity index (χ1v) is 10.2. The molecule has 0 spiro atoms. The highest BCUT2D eigenvalue weighted by molar-refractivity contribution is 7.89. The quantitative estimate of drug-likeness (QED) is 0.716. The number of hydrogen-bond donors (Lipinski definition) is 1. The number of alkyl halides is 3. The fourth-order valence-corrected chi connectivity index (χ4v) is 4.54. The first-order chi connectivity index (χ1) is 13.6. The fraction of sp³-hybridized carbons (Fsp3) is 0.316. The molecule has 0 aromatic heterocycles. The zero-order chi connectivity index (χ0) is 21.2. The zero-order valence-corrected chi connectivity index (χ0v) is 15.9. The van der Waals surface area contributed by atoms with Gasteiger partial charge < -0.3 is 4.90 Å². The number of sulfonamides is 1. The second kappa shape index (κ2) is 8.11. The summed E-state index contributed by atoms with van der Waals surface area (Å²) in [5.74, 6) is -0.974. The molecule has 1 fully saturated rings. The van der Waals surface area contributed by atoms with E-state index in [4.69, 9.17) is 0 Å². The second-order valence-corrected chi connectivity index (χ2v) is 8.55. The Morgan fingerprint density at radius 3 is 2.38 bits per heavy atom. The van der Waals surface area contributed by atoms with E-state index >= 15 is 0 Å². The molecule has 1 heterocycles. The molecule has 0 saturated carbocycles. The van der Waals surface area contributed by atoms with Gasteiger partial charge in [-0.15, -0.1) is 0 Å². The Hall–Kier alpha value is -2.46. The van der Waals surface area contributed by atoms with Gasteiger partial charge in [-0.2, -0.15) is 13.2 Å². The molecule has 1 saturated heterocycles. The lowest BCUT2D eigenvalue weighted by atomic mass is 10.1. The van der Waals surface area contributed by atoms with Crippen LogP contribution in [0.5, 0.6) is 0 Å². The van der Waals surface area contributed by atoms with Gasteiger partial charge in [0.2, 0.25) is 15.9 Å². The molecular weight excluding hydrogens is 412 g/mol. The molecule has 3 rings (SSSR count). The molecular formula is C19H18F4N2O3S. The number of halogens is 4. The maximum absolute atomic E-state index is 13.1. The summed E-state index contributed by atoms with van der Waals surface area (Å²) < 4.78 is 79.2. The molecule has 0 radical (unpaired) electrons. The van der Waals surface area contributed by atoms with Crippen molar-refractivity contribution in [3.63, 3.8) is 0 Å². The van der Waals surface area contributed by atoms with Gasteiger partial charge in [0.15, 0.2) is 0 Å². The van der Waals surface area contributed by atoms with Crippen molar-refractivity contribution in [2.75, 3.05) is 13.1 Å². The number of hydrogen-bond acceptors (Lipinski definition) is 3. The van der Waals surface area contributed by atoms with Crippen molar-refractivity contribution >= 4 is 15.9 Å². The molecule has 156 valence electrons. The van der Waals surface area contributed by atoms with Gasteiger partial charge in [-0.3, -0.25) is 4.79 Å². The minimum atomic E-state index is -4.80. The van der Waals surface area contributed by atoms with Crippen molar-refractivity contribution < 1.29 is 30.8 Å². The van der Waals surface area contributed by atoms with Crippen molar-refractivity contribution in [1.82, 2.24) is 9.62 Å². The molecule has 1 atom stereocenters. The molecule has 2 aromatic carbocycles. The molecule has 2 aromatic rings.